The Morgan fingerprint density at radius 1 is 0.589 bits per heavy atom. The number of nitrogens with zero attached hydrogens (tertiary/aromatic N) is 4. The summed E-state index contributed by atoms with van der Waals surface area (Å²) in [6.07, 6.45) is 6.66. The molecule has 3 heterocycles. The zero-order valence-corrected chi connectivity index (χ0v) is 31.2. The van der Waals surface area contributed by atoms with Crippen molar-refractivity contribution in [1.82, 2.24) is 14.1 Å². The van der Waals surface area contributed by atoms with Gasteiger partial charge in [0.2, 0.25) is 0 Å². The van der Waals surface area contributed by atoms with E-state index in [1.54, 1.807) is 0 Å². The maximum Gasteiger partial charge on any atom is 0.269 e. The SMILES string of the molecule is CCc1ccnc(-n2c3ccccc3c3ccc(Oc4cccc(-n5[c-][n+](-c6c(-c7ccccc7)cccc6-c6ccccc6)c6c(C)cccc65)c4)cc32)c1. The normalized spacial score (nSPS) is 11.5. The predicted octanol–water partition coefficient (Wildman–Crippen LogP) is 12.2. The Labute approximate surface area is 326 Å². The largest absolute Gasteiger partial charge is 0.458 e. The molecule has 268 valence electrons. The second kappa shape index (κ2) is 13.9. The molecule has 0 aliphatic heterocycles. The number of ether oxygens (including phenoxy) is 1. The maximum absolute atomic E-state index is 6.69. The minimum atomic E-state index is 0.736. The van der Waals surface area contributed by atoms with Gasteiger partial charge in [0, 0.05) is 23.0 Å². The van der Waals surface area contributed by atoms with Crippen molar-refractivity contribution < 1.29 is 9.30 Å². The Hall–Kier alpha value is -7.24. The standard InChI is InChI=1S/C51H38N4O/c1-3-36-29-30-52-49(31-36)55-46-25-11-10-22-44(46)45-28-27-41(33-48(45)55)56-40-21-13-20-39(32-40)53-34-54(50-35(2)15-12-26-47(50)53)51-42(37-16-6-4-7-17-37)23-14-24-43(51)38-18-8-5-9-19-38/h4-33H,3H2,1-2H3. The first kappa shape index (κ1) is 33.3. The summed E-state index contributed by atoms with van der Waals surface area (Å²) in [5, 5.41) is 2.34. The van der Waals surface area contributed by atoms with Crippen LogP contribution in [0.5, 0.6) is 11.5 Å². The van der Waals surface area contributed by atoms with E-state index in [0.29, 0.717) is 0 Å². The van der Waals surface area contributed by atoms with Gasteiger partial charge < -0.3 is 4.74 Å². The molecule has 0 fully saturated rings. The van der Waals surface area contributed by atoms with Crippen molar-refractivity contribution in [3.05, 3.63) is 200 Å². The highest BCUT2D eigenvalue weighted by Gasteiger charge is 2.21. The number of pyridine rings is 1. The van der Waals surface area contributed by atoms with Gasteiger partial charge in [0.15, 0.2) is 0 Å². The quantitative estimate of drug-likeness (QED) is 0.116. The molecular weight excluding hydrogens is 685 g/mol. The van der Waals surface area contributed by atoms with E-state index in [1.807, 2.05) is 18.3 Å². The summed E-state index contributed by atoms with van der Waals surface area (Å²) in [5.41, 5.74) is 13.3. The average molecular weight is 723 g/mol. The Balaban J connectivity index is 1.10. The molecule has 0 unspecified atom stereocenters. The molecule has 0 atom stereocenters. The minimum Gasteiger partial charge on any atom is -0.458 e. The lowest BCUT2D eigenvalue weighted by molar-refractivity contribution is -0.571. The van der Waals surface area contributed by atoms with Crippen molar-refractivity contribution in [1.29, 1.82) is 0 Å². The van der Waals surface area contributed by atoms with Crippen LogP contribution in [0, 0.1) is 13.3 Å². The van der Waals surface area contributed by atoms with Crippen LogP contribution in [0.25, 0.3) is 72.3 Å². The second-order valence-corrected chi connectivity index (χ2v) is 14.2. The zero-order chi connectivity index (χ0) is 37.6. The third-order valence-electron chi connectivity index (χ3n) is 10.7. The molecule has 10 rings (SSSR count). The van der Waals surface area contributed by atoms with Gasteiger partial charge in [0.05, 0.1) is 33.4 Å². The van der Waals surface area contributed by atoms with Crippen LogP contribution in [0.2, 0.25) is 0 Å². The first-order valence-electron chi connectivity index (χ1n) is 19.1. The van der Waals surface area contributed by atoms with E-state index in [-0.39, 0.29) is 0 Å². The van der Waals surface area contributed by atoms with E-state index in [9.17, 15) is 0 Å². The molecule has 0 amide bonds. The fourth-order valence-corrected chi connectivity index (χ4v) is 8.05. The first-order chi connectivity index (χ1) is 27.6. The number of hydrogen-bond donors (Lipinski definition) is 0. The summed E-state index contributed by atoms with van der Waals surface area (Å²) in [5.74, 6) is 2.39. The third kappa shape index (κ3) is 5.73. The summed E-state index contributed by atoms with van der Waals surface area (Å²) in [6, 6.07) is 61.6. The number of imidazole rings is 1. The van der Waals surface area contributed by atoms with Crippen LogP contribution in [0.15, 0.2) is 182 Å². The van der Waals surface area contributed by atoms with E-state index in [4.69, 9.17) is 9.72 Å². The molecule has 0 spiro atoms. The van der Waals surface area contributed by atoms with Gasteiger partial charge >= 0.3 is 0 Å². The molecule has 0 saturated heterocycles. The molecule has 0 N–H and O–H groups in total. The van der Waals surface area contributed by atoms with Crippen molar-refractivity contribution in [3.63, 3.8) is 0 Å². The van der Waals surface area contributed by atoms with Gasteiger partial charge in [0.1, 0.15) is 17.3 Å². The molecule has 0 saturated carbocycles. The summed E-state index contributed by atoms with van der Waals surface area (Å²) in [4.78, 5) is 4.80. The van der Waals surface area contributed by atoms with Gasteiger partial charge in [0.25, 0.3) is 6.33 Å². The number of benzene rings is 7. The molecule has 10 aromatic rings. The highest BCUT2D eigenvalue weighted by molar-refractivity contribution is 6.09. The van der Waals surface area contributed by atoms with Gasteiger partial charge in [-0.2, -0.15) is 0 Å². The van der Waals surface area contributed by atoms with Crippen LogP contribution >= 0.6 is 0 Å². The summed E-state index contributed by atoms with van der Waals surface area (Å²) in [7, 11) is 0. The average Bonchev–Trinajstić information content (AvgIpc) is 3.81. The van der Waals surface area contributed by atoms with Crippen molar-refractivity contribution in [2.75, 3.05) is 0 Å². The molecule has 5 heteroatoms. The number of rotatable bonds is 8. The smallest absolute Gasteiger partial charge is 0.269 e. The van der Waals surface area contributed by atoms with Crippen LogP contribution in [0.3, 0.4) is 0 Å². The van der Waals surface area contributed by atoms with Crippen LogP contribution in [-0.2, 0) is 6.42 Å². The van der Waals surface area contributed by atoms with E-state index in [0.717, 1.165) is 90.4 Å². The Morgan fingerprint density at radius 3 is 2.02 bits per heavy atom. The van der Waals surface area contributed by atoms with Gasteiger partial charge in [-0.1, -0.05) is 128 Å². The molecule has 7 aromatic carbocycles. The molecule has 0 bridgehead atoms. The fraction of sp³-hybridized carbons (Fsp3) is 0.0588. The van der Waals surface area contributed by atoms with Gasteiger partial charge in [-0.25, -0.2) is 4.98 Å². The van der Waals surface area contributed by atoms with Crippen molar-refractivity contribution >= 4 is 32.8 Å². The molecule has 0 radical (unpaired) electrons. The van der Waals surface area contributed by atoms with Crippen molar-refractivity contribution in [3.8, 4) is 50.9 Å². The monoisotopic (exact) mass is 722 g/mol. The highest BCUT2D eigenvalue weighted by Crippen LogP contribution is 2.37. The number of para-hydroxylation sites is 3. The number of aryl methyl sites for hydroxylation is 2. The third-order valence-corrected chi connectivity index (χ3v) is 10.7. The van der Waals surface area contributed by atoms with E-state index in [2.05, 4.69) is 198 Å². The number of aromatic nitrogens is 4. The van der Waals surface area contributed by atoms with Crippen LogP contribution < -0.4 is 9.30 Å². The van der Waals surface area contributed by atoms with Gasteiger partial charge in [-0.15, -0.1) is 0 Å². The number of fused-ring (bicyclic) bond motifs is 4. The predicted molar refractivity (Wildman–Crippen MR) is 227 cm³/mol. The maximum atomic E-state index is 6.69. The molecule has 56 heavy (non-hydrogen) atoms. The van der Waals surface area contributed by atoms with Gasteiger partial charge in [-0.05, 0) is 95.3 Å². The Bertz CT molecular complexity index is 2990. The molecule has 3 aromatic heterocycles. The van der Waals surface area contributed by atoms with Crippen LogP contribution in [0.1, 0.15) is 18.1 Å². The molecule has 0 aliphatic carbocycles. The van der Waals surface area contributed by atoms with E-state index < -0.39 is 0 Å². The fourth-order valence-electron chi connectivity index (χ4n) is 8.05. The summed E-state index contributed by atoms with van der Waals surface area (Å²) >= 11 is 0. The van der Waals surface area contributed by atoms with E-state index >= 15 is 0 Å². The topological polar surface area (TPSA) is 35.9 Å². The first-order valence-corrected chi connectivity index (χ1v) is 19.1. The zero-order valence-electron chi connectivity index (χ0n) is 31.2. The Kier molecular flexibility index (Phi) is 8.26. The lowest BCUT2D eigenvalue weighted by Crippen LogP contribution is -2.32. The molecule has 0 aliphatic rings. The van der Waals surface area contributed by atoms with Crippen molar-refractivity contribution in [2.45, 2.75) is 20.3 Å². The minimum absolute atomic E-state index is 0.736. The molecular formula is C51H38N4O. The second-order valence-electron chi connectivity index (χ2n) is 14.2. The highest BCUT2D eigenvalue weighted by atomic mass is 16.5. The molecule has 5 nitrogen and oxygen atoms in total. The summed E-state index contributed by atoms with van der Waals surface area (Å²) in [6.45, 7) is 4.35. The van der Waals surface area contributed by atoms with Crippen LogP contribution in [0.4, 0.5) is 0 Å². The lowest BCUT2D eigenvalue weighted by atomic mass is 9.95. The summed E-state index contributed by atoms with van der Waals surface area (Å²) < 4.78 is 13.3. The van der Waals surface area contributed by atoms with E-state index in [1.165, 1.54) is 10.9 Å². The number of hydrogen-bond acceptors (Lipinski definition) is 2. The van der Waals surface area contributed by atoms with Gasteiger partial charge in [-0.3, -0.25) is 13.7 Å². The lowest BCUT2D eigenvalue weighted by Gasteiger charge is -2.17. The van der Waals surface area contributed by atoms with Crippen LogP contribution in [-0.4, -0.2) is 14.1 Å². The Morgan fingerprint density at radius 2 is 1.25 bits per heavy atom. The van der Waals surface area contributed by atoms with Crippen molar-refractivity contribution in [2.24, 2.45) is 0 Å².